The van der Waals surface area contributed by atoms with Gasteiger partial charge in [0.1, 0.15) is 5.75 Å². The van der Waals surface area contributed by atoms with Crippen LogP contribution in [0.1, 0.15) is 37.4 Å². The monoisotopic (exact) mass is 454 g/mol. The van der Waals surface area contributed by atoms with Gasteiger partial charge in [-0.1, -0.05) is 60.7 Å². The maximum atomic E-state index is 13.1. The standard InChI is InChI=1S/C27H18O5S/c28-26-21-11-5-7-13-24(21)33(30,31)25-17-20(14-15-22(25)26)27(29)32-23-12-6-4-10-19(23)16-18-8-2-1-3-9-18/h1-15,17H,16H2. The van der Waals surface area contributed by atoms with Crippen LogP contribution >= 0.6 is 0 Å². The highest BCUT2D eigenvalue weighted by Gasteiger charge is 2.35. The second-order valence-corrected chi connectivity index (χ2v) is 9.59. The minimum absolute atomic E-state index is 0.0507. The number of carbonyl (C=O) groups is 2. The molecule has 33 heavy (non-hydrogen) atoms. The number of carbonyl (C=O) groups excluding carboxylic acids is 2. The number of esters is 1. The van der Waals surface area contributed by atoms with Crippen LogP contribution in [0.3, 0.4) is 0 Å². The van der Waals surface area contributed by atoms with E-state index in [1.807, 2.05) is 42.5 Å². The molecule has 0 spiro atoms. The lowest BCUT2D eigenvalue weighted by Crippen LogP contribution is -2.21. The van der Waals surface area contributed by atoms with Gasteiger partial charge in [0.05, 0.1) is 15.4 Å². The Labute approximate surface area is 191 Å². The largest absolute Gasteiger partial charge is 0.423 e. The van der Waals surface area contributed by atoms with Gasteiger partial charge in [0, 0.05) is 17.5 Å². The highest BCUT2D eigenvalue weighted by Crippen LogP contribution is 2.35. The molecule has 4 aromatic carbocycles. The Balaban J connectivity index is 1.48. The molecule has 0 amide bonds. The fourth-order valence-electron chi connectivity index (χ4n) is 3.94. The predicted octanol–water partition coefficient (Wildman–Crippen LogP) is 4.87. The lowest BCUT2D eigenvalue weighted by atomic mass is 10.0. The molecule has 0 atom stereocenters. The molecule has 0 bridgehead atoms. The fourth-order valence-corrected chi connectivity index (χ4v) is 5.61. The summed E-state index contributed by atoms with van der Waals surface area (Å²) in [7, 11) is -3.94. The summed E-state index contributed by atoms with van der Waals surface area (Å²) >= 11 is 0. The van der Waals surface area contributed by atoms with E-state index in [-0.39, 0.29) is 32.3 Å². The molecule has 5 nitrogen and oxygen atoms in total. The van der Waals surface area contributed by atoms with Crippen molar-refractivity contribution >= 4 is 21.6 Å². The second kappa shape index (κ2) is 8.15. The van der Waals surface area contributed by atoms with E-state index in [1.54, 1.807) is 24.3 Å². The van der Waals surface area contributed by atoms with E-state index < -0.39 is 15.8 Å². The summed E-state index contributed by atoms with van der Waals surface area (Å²) < 4.78 is 31.9. The lowest BCUT2D eigenvalue weighted by Gasteiger charge is -2.19. The molecule has 0 saturated carbocycles. The number of sulfone groups is 1. The van der Waals surface area contributed by atoms with Gasteiger partial charge in [0.2, 0.25) is 9.84 Å². The van der Waals surface area contributed by atoms with E-state index in [0.717, 1.165) is 11.1 Å². The summed E-state index contributed by atoms with van der Waals surface area (Å²) in [6.07, 6.45) is 0.578. The van der Waals surface area contributed by atoms with Gasteiger partial charge >= 0.3 is 5.97 Å². The number of benzene rings is 4. The minimum Gasteiger partial charge on any atom is -0.423 e. The average Bonchev–Trinajstić information content (AvgIpc) is 2.84. The third-order valence-electron chi connectivity index (χ3n) is 5.59. The predicted molar refractivity (Wildman–Crippen MR) is 122 cm³/mol. The first kappa shape index (κ1) is 20.8. The topological polar surface area (TPSA) is 77.5 Å². The molecular weight excluding hydrogens is 436 g/mol. The highest BCUT2D eigenvalue weighted by atomic mass is 32.2. The van der Waals surface area contributed by atoms with Gasteiger partial charge < -0.3 is 4.74 Å². The van der Waals surface area contributed by atoms with Crippen molar-refractivity contribution < 1.29 is 22.7 Å². The molecule has 0 saturated heterocycles. The molecule has 0 unspecified atom stereocenters. The summed E-state index contributed by atoms with van der Waals surface area (Å²) in [5, 5.41) is 0. The summed E-state index contributed by atoms with van der Waals surface area (Å²) in [6, 6.07) is 27.1. The molecule has 0 aliphatic carbocycles. The van der Waals surface area contributed by atoms with E-state index >= 15 is 0 Å². The van der Waals surface area contributed by atoms with Gasteiger partial charge in [0.25, 0.3) is 0 Å². The van der Waals surface area contributed by atoms with Crippen LogP contribution in [0.4, 0.5) is 0 Å². The third-order valence-corrected chi connectivity index (χ3v) is 7.44. The van der Waals surface area contributed by atoms with Gasteiger partial charge in [-0.25, -0.2) is 13.2 Å². The maximum absolute atomic E-state index is 13.1. The molecule has 162 valence electrons. The number of hydrogen-bond acceptors (Lipinski definition) is 5. The number of para-hydroxylation sites is 1. The van der Waals surface area contributed by atoms with Crippen molar-refractivity contribution in [2.24, 2.45) is 0 Å². The van der Waals surface area contributed by atoms with Crippen molar-refractivity contribution in [3.05, 3.63) is 125 Å². The zero-order valence-corrected chi connectivity index (χ0v) is 18.2. The van der Waals surface area contributed by atoms with E-state index in [4.69, 9.17) is 4.74 Å². The Hall–Kier alpha value is -4.03. The van der Waals surface area contributed by atoms with Crippen molar-refractivity contribution in [2.75, 3.05) is 0 Å². The Morgan fingerprint density at radius 2 is 1.39 bits per heavy atom. The van der Waals surface area contributed by atoms with Crippen LogP contribution in [0.25, 0.3) is 0 Å². The minimum atomic E-state index is -3.94. The molecular formula is C27H18O5S. The van der Waals surface area contributed by atoms with Gasteiger partial charge in [-0.05, 0) is 47.5 Å². The normalized spacial score (nSPS) is 13.6. The molecule has 0 aromatic heterocycles. The highest BCUT2D eigenvalue weighted by molar-refractivity contribution is 7.91. The number of ether oxygens (including phenoxy) is 1. The van der Waals surface area contributed by atoms with E-state index in [1.165, 1.54) is 30.3 Å². The Kier molecular flexibility index (Phi) is 5.15. The first-order chi connectivity index (χ1) is 15.9. The average molecular weight is 455 g/mol. The van der Waals surface area contributed by atoms with E-state index in [2.05, 4.69) is 0 Å². The molecule has 1 heterocycles. The third kappa shape index (κ3) is 3.75. The maximum Gasteiger partial charge on any atom is 0.343 e. The first-order valence-corrected chi connectivity index (χ1v) is 11.8. The molecule has 1 aliphatic heterocycles. The van der Waals surface area contributed by atoms with Crippen LogP contribution in [0, 0.1) is 0 Å². The summed E-state index contributed by atoms with van der Waals surface area (Å²) in [5.74, 6) is -0.684. The van der Waals surface area contributed by atoms with Crippen molar-refractivity contribution in [1.29, 1.82) is 0 Å². The number of hydrogen-bond donors (Lipinski definition) is 0. The van der Waals surface area contributed by atoms with E-state index in [9.17, 15) is 18.0 Å². The SMILES string of the molecule is O=C(Oc1ccccc1Cc1ccccc1)c1ccc2c(c1)S(=O)(=O)c1ccccc1C2=O. The quantitative estimate of drug-likeness (QED) is 0.286. The number of rotatable bonds is 4. The zero-order valence-electron chi connectivity index (χ0n) is 17.4. The zero-order chi connectivity index (χ0) is 23.0. The summed E-state index contributed by atoms with van der Waals surface area (Å²) in [5.41, 5.74) is 2.13. The van der Waals surface area contributed by atoms with Crippen LogP contribution in [0.2, 0.25) is 0 Å². The van der Waals surface area contributed by atoms with E-state index in [0.29, 0.717) is 12.2 Å². The van der Waals surface area contributed by atoms with Gasteiger partial charge in [-0.15, -0.1) is 0 Å². The van der Waals surface area contributed by atoms with Crippen LogP contribution in [0.5, 0.6) is 5.75 Å². The second-order valence-electron chi connectivity index (χ2n) is 7.70. The molecule has 6 heteroatoms. The Morgan fingerprint density at radius 1 is 0.727 bits per heavy atom. The van der Waals surface area contributed by atoms with Gasteiger partial charge in [0.15, 0.2) is 5.78 Å². The molecule has 0 fully saturated rings. The Morgan fingerprint density at radius 3 is 2.21 bits per heavy atom. The molecule has 1 aliphatic rings. The number of ketones is 1. The molecule has 0 radical (unpaired) electrons. The van der Waals surface area contributed by atoms with Crippen LogP contribution in [0.15, 0.2) is 107 Å². The lowest BCUT2D eigenvalue weighted by molar-refractivity contribution is 0.0732. The van der Waals surface area contributed by atoms with Crippen molar-refractivity contribution in [2.45, 2.75) is 16.2 Å². The van der Waals surface area contributed by atoms with Gasteiger partial charge in [-0.2, -0.15) is 0 Å². The van der Waals surface area contributed by atoms with Crippen LogP contribution < -0.4 is 4.74 Å². The fraction of sp³-hybridized carbons (Fsp3) is 0.0370. The van der Waals surface area contributed by atoms with Crippen molar-refractivity contribution in [1.82, 2.24) is 0 Å². The Bertz CT molecular complexity index is 1500. The molecule has 0 N–H and O–H groups in total. The smallest absolute Gasteiger partial charge is 0.343 e. The van der Waals surface area contributed by atoms with Crippen LogP contribution in [-0.4, -0.2) is 20.2 Å². The van der Waals surface area contributed by atoms with Crippen LogP contribution in [-0.2, 0) is 16.3 Å². The van der Waals surface area contributed by atoms with Crippen molar-refractivity contribution in [3.63, 3.8) is 0 Å². The van der Waals surface area contributed by atoms with Gasteiger partial charge in [-0.3, -0.25) is 4.79 Å². The first-order valence-electron chi connectivity index (χ1n) is 10.3. The molecule has 5 rings (SSSR count). The summed E-state index contributed by atoms with van der Waals surface area (Å²) in [4.78, 5) is 25.5. The number of fused-ring (bicyclic) bond motifs is 2. The summed E-state index contributed by atoms with van der Waals surface area (Å²) in [6.45, 7) is 0. The molecule has 4 aromatic rings. The van der Waals surface area contributed by atoms with Crippen molar-refractivity contribution in [3.8, 4) is 5.75 Å².